The molecule has 0 spiro atoms. The summed E-state index contributed by atoms with van der Waals surface area (Å²) in [5.41, 5.74) is -0.0613. The van der Waals surface area contributed by atoms with Crippen molar-refractivity contribution in [2.24, 2.45) is 0 Å². The van der Waals surface area contributed by atoms with Crippen LogP contribution in [0.5, 0.6) is 0 Å². The summed E-state index contributed by atoms with van der Waals surface area (Å²) in [7, 11) is 1.60. The van der Waals surface area contributed by atoms with Gasteiger partial charge >= 0.3 is 12.1 Å². The molecule has 0 aliphatic rings. The molecule has 0 fully saturated rings. The molecule has 0 bridgehead atoms. The maximum absolute atomic E-state index is 12.4. The molecular weight excluding hydrogens is 259 g/mol. The third-order valence-electron chi connectivity index (χ3n) is 2.64. The molecule has 6 heteroatoms. The van der Waals surface area contributed by atoms with Crippen LogP contribution < -0.4 is 5.32 Å². The summed E-state index contributed by atoms with van der Waals surface area (Å²) < 4.78 is 42.0. The third kappa shape index (κ3) is 4.55. The summed E-state index contributed by atoms with van der Waals surface area (Å²) in [6.45, 7) is 1.97. The van der Waals surface area contributed by atoms with Crippen molar-refractivity contribution in [1.82, 2.24) is 5.32 Å². The van der Waals surface area contributed by atoms with Crippen LogP contribution in [0.2, 0.25) is 0 Å². The summed E-state index contributed by atoms with van der Waals surface area (Å²) in [5, 5.41) is 2.78. The SMILES string of the molecule is CCOC(=O)C(Cc1ccc(C(F)(F)F)cc1)NC. The number of hydrogen-bond acceptors (Lipinski definition) is 3. The van der Waals surface area contributed by atoms with Crippen LogP contribution in [0, 0.1) is 0 Å². The zero-order chi connectivity index (χ0) is 14.5. The Morgan fingerprint density at radius 3 is 2.32 bits per heavy atom. The normalized spacial score (nSPS) is 13.1. The van der Waals surface area contributed by atoms with Gasteiger partial charge in [0.15, 0.2) is 0 Å². The van der Waals surface area contributed by atoms with Crippen molar-refractivity contribution in [2.75, 3.05) is 13.7 Å². The van der Waals surface area contributed by atoms with Crippen molar-refractivity contribution >= 4 is 5.97 Å². The lowest BCUT2D eigenvalue weighted by Crippen LogP contribution is -2.37. The van der Waals surface area contributed by atoms with E-state index >= 15 is 0 Å². The first-order valence-electron chi connectivity index (χ1n) is 5.88. The number of ether oxygens (including phenoxy) is 1. The van der Waals surface area contributed by atoms with Crippen LogP contribution in [0.15, 0.2) is 24.3 Å². The highest BCUT2D eigenvalue weighted by Gasteiger charge is 2.30. The number of nitrogens with one attached hydrogen (secondary N) is 1. The molecular formula is C13H16F3NO2. The first-order chi connectivity index (χ1) is 8.88. The van der Waals surface area contributed by atoms with Gasteiger partial charge in [-0.25, -0.2) is 0 Å². The minimum atomic E-state index is -4.35. The van der Waals surface area contributed by atoms with Gasteiger partial charge in [-0.15, -0.1) is 0 Å². The van der Waals surface area contributed by atoms with Crippen LogP contribution in [-0.4, -0.2) is 25.7 Å². The van der Waals surface area contributed by atoms with Gasteiger partial charge in [0, 0.05) is 0 Å². The molecule has 0 radical (unpaired) electrons. The van der Waals surface area contributed by atoms with Crippen molar-refractivity contribution in [1.29, 1.82) is 0 Å². The van der Waals surface area contributed by atoms with E-state index in [1.54, 1.807) is 14.0 Å². The quantitative estimate of drug-likeness (QED) is 0.839. The molecule has 1 rings (SSSR count). The fourth-order valence-electron chi connectivity index (χ4n) is 1.61. The Balaban J connectivity index is 2.73. The van der Waals surface area contributed by atoms with Gasteiger partial charge < -0.3 is 10.1 Å². The molecule has 106 valence electrons. The number of halogens is 3. The molecule has 0 aromatic heterocycles. The van der Waals surface area contributed by atoms with E-state index in [0.717, 1.165) is 12.1 Å². The minimum absolute atomic E-state index is 0.268. The molecule has 19 heavy (non-hydrogen) atoms. The van der Waals surface area contributed by atoms with E-state index in [0.29, 0.717) is 5.56 Å². The Bertz CT molecular complexity index is 415. The summed E-state index contributed by atoms with van der Waals surface area (Å²) >= 11 is 0. The van der Waals surface area contributed by atoms with Gasteiger partial charge in [0.2, 0.25) is 0 Å². The van der Waals surface area contributed by atoms with Gasteiger partial charge in [-0.2, -0.15) is 13.2 Å². The Morgan fingerprint density at radius 1 is 1.32 bits per heavy atom. The monoisotopic (exact) mass is 275 g/mol. The average Bonchev–Trinajstić information content (AvgIpc) is 2.35. The summed E-state index contributed by atoms with van der Waals surface area (Å²) in [6, 6.07) is 4.19. The number of carbonyl (C=O) groups is 1. The molecule has 0 amide bonds. The first-order valence-corrected chi connectivity index (χ1v) is 5.88. The molecule has 1 unspecified atom stereocenters. The minimum Gasteiger partial charge on any atom is -0.465 e. The molecule has 0 heterocycles. The third-order valence-corrected chi connectivity index (χ3v) is 2.64. The Morgan fingerprint density at radius 2 is 1.89 bits per heavy atom. The van der Waals surface area contributed by atoms with Gasteiger partial charge in [-0.3, -0.25) is 4.79 Å². The standard InChI is InChI=1S/C13H16F3NO2/c1-3-19-12(18)11(17-2)8-9-4-6-10(7-5-9)13(14,15)16/h4-7,11,17H,3,8H2,1-2H3. The Labute approximate surface area is 109 Å². The molecule has 0 aliphatic carbocycles. The van der Waals surface area contributed by atoms with Crippen molar-refractivity contribution in [3.8, 4) is 0 Å². The van der Waals surface area contributed by atoms with Gasteiger partial charge in [-0.1, -0.05) is 12.1 Å². The number of hydrogen-bond donors (Lipinski definition) is 1. The molecule has 0 aliphatic heterocycles. The van der Waals surface area contributed by atoms with Crippen LogP contribution in [0.1, 0.15) is 18.1 Å². The highest BCUT2D eigenvalue weighted by Crippen LogP contribution is 2.29. The van der Waals surface area contributed by atoms with Crippen molar-refractivity contribution in [2.45, 2.75) is 25.6 Å². The summed E-state index contributed by atoms with van der Waals surface area (Å²) in [4.78, 5) is 11.5. The Hall–Kier alpha value is -1.56. The lowest BCUT2D eigenvalue weighted by Gasteiger charge is -2.15. The zero-order valence-electron chi connectivity index (χ0n) is 10.8. The smallest absolute Gasteiger partial charge is 0.416 e. The van der Waals surface area contributed by atoms with E-state index in [9.17, 15) is 18.0 Å². The van der Waals surface area contributed by atoms with Crippen molar-refractivity contribution < 1.29 is 22.7 Å². The van der Waals surface area contributed by atoms with Crippen molar-refractivity contribution in [3.05, 3.63) is 35.4 Å². The number of alkyl halides is 3. The molecule has 0 saturated heterocycles. The molecule has 1 aromatic carbocycles. The fourth-order valence-corrected chi connectivity index (χ4v) is 1.61. The number of benzene rings is 1. The maximum atomic E-state index is 12.4. The van der Waals surface area contributed by atoms with Crippen LogP contribution in [0.3, 0.4) is 0 Å². The van der Waals surface area contributed by atoms with Crippen molar-refractivity contribution in [3.63, 3.8) is 0 Å². The Kier molecular flexibility index (Phi) is 5.35. The largest absolute Gasteiger partial charge is 0.465 e. The second-order valence-electron chi connectivity index (χ2n) is 3.99. The van der Waals surface area contributed by atoms with Gasteiger partial charge in [0.1, 0.15) is 6.04 Å². The predicted octanol–water partition coefficient (Wildman–Crippen LogP) is 2.40. The first kappa shape index (κ1) is 15.5. The topological polar surface area (TPSA) is 38.3 Å². The number of esters is 1. The van der Waals surface area contributed by atoms with E-state index in [4.69, 9.17) is 4.74 Å². The molecule has 1 aromatic rings. The summed E-state index contributed by atoms with van der Waals surface area (Å²) in [6.07, 6.45) is -4.06. The second kappa shape index (κ2) is 6.56. The molecule has 0 saturated carbocycles. The van der Waals surface area contributed by atoms with Gasteiger partial charge in [-0.05, 0) is 38.1 Å². The van der Waals surface area contributed by atoms with E-state index in [2.05, 4.69) is 5.32 Å². The van der Waals surface area contributed by atoms with E-state index in [-0.39, 0.29) is 13.0 Å². The number of likely N-dealkylation sites (N-methyl/N-ethyl adjacent to an activating group) is 1. The summed E-state index contributed by atoms with van der Waals surface area (Å²) in [5.74, 6) is -0.412. The molecule has 1 N–H and O–H groups in total. The highest BCUT2D eigenvalue weighted by atomic mass is 19.4. The number of rotatable bonds is 5. The van der Waals surface area contributed by atoms with Crippen LogP contribution in [0.4, 0.5) is 13.2 Å². The molecule has 1 atom stereocenters. The number of carbonyl (C=O) groups excluding carboxylic acids is 1. The average molecular weight is 275 g/mol. The molecule has 3 nitrogen and oxygen atoms in total. The van der Waals surface area contributed by atoms with Crippen LogP contribution >= 0.6 is 0 Å². The van der Waals surface area contributed by atoms with Gasteiger partial charge in [0.05, 0.1) is 12.2 Å². The maximum Gasteiger partial charge on any atom is 0.416 e. The van der Waals surface area contributed by atoms with Crippen LogP contribution in [-0.2, 0) is 22.1 Å². The second-order valence-corrected chi connectivity index (χ2v) is 3.99. The van der Waals surface area contributed by atoms with E-state index in [1.807, 2.05) is 0 Å². The lowest BCUT2D eigenvalue weighted by atomic mass is 10.0. The highest BCUT2D eigenvalue weighted by molar-refractivity contribution is 5.76. The zero-order valence-corrected chi connectivity index (χ0v) is 10.8. The lowest BCUT2D eigenvalue weighted by molar-refractivity contribution is -0.145. The van der Waals surface area contributed by atoms with Crippen LogP contribution in [0.25, 0.3) is 0 Å². The van der Waals surface area contributed by atoms with E-state index in [1.165, 1.54) is 12.1 Å². The van der Waals surface area contributed by atoms with E-state index < -0.39 is 23.8 Å². The van der Waals surface area contributed by atoms with Gasteiger partial charge in [0.25, 0.3) is 0 Å². The fraction of sp³-hybridized carbons (Fsp3) is 0.462. The predicted molar refractivity (Wildman–Crippen MR) is 64.6 cm³/mol.